The van der Waals surface area contributed by atoms with Crippen LogP contribution < -0.4 is 0 Å². The highest BCUT2D eigenvalue weighted by atomic mass is 35.5. The number of halogens is 1. The normalized spacial score (nSPS) is 10.6. The van der Waals surface area contributed by atoms with Crippen molar-refractivity contribution in [3.05, 3.63) is 66.1 Å². The van der Waals surface area contributed by atoms with Crippen LogP contribution in [0.5, 0.6) is 0 Å². The molecule has 0 saturated heterocycles. The molecule has 0 bridgehead atoms. The molecular weight excluding hydrogens is 234 g/mol. The van der Waals surface area contributed by atoms with Crippen LogP contribution in [0.3, 0.4) is 0 Å². The molecule has 1 aromatic carbocycles. The monoisotopic (exact) mass is 243 g/mol. The summed E-state index contributed by atoms with van der Waals surface area (Å²) < 4.78 is 7.41. The van der Waals surface area contributed by atoms with Crippen LogP contribution in [-0.2, 0) is 0 Å². The first-order valence-corrected chi connectivity index (χ1v) is 5.69. The van der Waals surface area contributed by atoms with Crippen LogP contribution in [0.25, 0.3) is 17.0 Å². The molecule has 0 unspecified atom stereocenters. The van der Waals surface area contributed by atoms with Crippen LogP contribution >= 0.6 is 11.6 Å². The molecular formula is C14H10ClNO. The highest BCUT2D eigenvalue weighted by Crippen LogP contribution is 2.30. The summed E-state index contributed by atoms with van der Waals surface area (Å²) in [5, 5.41) is 0.691. The molecule has 2 aromatic heterocycles. The molecule has 84 valence electrons. The Labute approximate surface area is 104 Å². The van der Waals surface area contributed by atoms with Gasteiger partial charge in [0.05, 0.1) is 11.3 Å². The summed E-state index contributed by atoms with van der Waals surface area (Å²) in [6.07, 6.45) is 5.64. The second-order valence-corrected chi connectivity index (χ2v) is 4.14. The summed E-state index contributed by atoms with van der Waals surface area (Å²) in [4.78, 5) is 0. The Morgan fingerprint density at radius 2 is 1.82 bits per heavy atom. The summed E-state index contributed by atoms with van der Waals surface area (Å²) >= 11 is 6.18. The number of rotatable bonds is 2. The molecule has 0 aliphatic carbocycles. The molecule has 3 heteroatoms. The first kappa shape index (κ1) is 10.2. The van der Waals surface area contributed by atoms with Gasteiger partial charge >= 0.3 is 0 Å². The second-order valence-electron chi connectivity index (χ2n) is 3.73. The topological polar surface area (TPSA) is 18.1 Å². The van der Waals surface area contributed by atoms with E-state index in [9.17, 15) is 0 Å². The summed E-state index contributed by atoms with van der Waals surface area (Å²) in [6, 6.07) is 13.6. The van der Waals surface area contributed by atoms with E-state index in [0.717, 1.165) is 17.0 Å². The minimum atomic E-state index is 0.691. The van der Waals surface area contributed by atoms with Crippen molar-refractivity contribution in [1.82, 2.24) is 4.57 Å². The van der Waals surface area contributed by atoms with E-state index in [2.05, 4.69) is 0 Å². The number of hydrogen-bond acceptors (Lipinski definition) is 1. The van der Waals surface area contributed by atoms with Gasteiger partial charge in [-0.2, -0.15) is 0 Å². The van der Waals surface area contributed by atoms with Gasteiger partial charge in [-0.25, -0.2) is 0 Å². The quantitative estimate of drug-likeness (QED) is 0.653. The van der Waals surface area contributed by atoms with Gasteiger partial charge in [-0.3, -0.25) is 0 Å². The van der Waals surface area contributed by atoms with Crippen molar-refractivity contribution < 1.29 is 4.42 Å². The Balaban J connectivity index is 2.13. The lowest BCUT2D eigenvalue weighted by Gasteiger charge is -2.06. The third kappa shape index (κ3) is 1.87. The molecule has 2 heterocycles. The predicted molar refractivity (Wildman–Crippen MR) is 68.5 cm³/mol. The molecule has 3 aromatic rings. The number of furan rings is 1. The SMILES string of the molecule is Clc1ccc(-n2cccc2)cc1-c1ccco1. The van der Waals surface area contributed by atoms with E-state index >= 15 is 0 Å². The van der Waals surface area contributed by atoms with Gasteiger partial charge in [0.25, 0.3) is 0 Å². The fraction of sp³-hybridized carbons (Fsp3) is 0. The van der Waals surface area contributed by atoms with Crippen molar-refractivity contribution in [2.24, 2.45) is 0 Å². The Hall–Kier alpha value is -1.93. The molecule has 0 N–H and O–H groups in total. The molecule has 0 saturated carbocycles. The average Bonchev–Trinajstić information content (AvgIpc) is 3.03. The predicted octanol–water partition coefficient (Wildman–Crippen LogP) is 4.39. The van der Waals surface area contributed by atoms with Crippen LogP contribution in [0.1, 0.15) is 0 Å². The molecule has 0 aliphatic rings. The van der Waals surface area contributed by atoms with Crippen LogP contribution in [0, 0.1) is 0 Å². The minimum Gasteiger partial charge on any atom is -0.464 e. The first-order valence-electron chi connectivity index (χ1n) is 5.31. The minimum absolute atomic E-state index is 0.691. The van der Waals surface area contributed by atoms with Crippen molar-refractivity contribution in [1.29, 1.82) is 0 Å². The third-order valence-electron chi connectivity index (χ3n) is 2.64. The van der Waals surface area contributed by atoms with Gasteiger partial charge in [-0.15, -0.1) is 0 Å². The maximum atomic E-state index is 6.18. The van der Waals surface area contributed by atoms with E-state index in [0.29, 0.717) is 5.02 Å². The lowest BCUT2D eigenvalue weighted by molar-refractivity contribution is 0.582. The number of hydrogen-bond donors (Lipinski definition) is 0. The molecule has 0 spiro atoms. The molecule has 0 amide bonds. The zero-order chi connectivity index (χ0) is 11.7. The average molecular weight is 244 g/mol. The zero-order valence-electron chi connectivity index (χ0n) is 9.01. The lowest BCUT2D eigenvalue weighted by atomic mass is 10.1. The van der Waals surface area contributed by atoms with Crippen molar-refractivity contribution in [3.63, 3.8) is 0 Å². The molecule has 17 heavy (non-hydrogen) atoms. The Morgan fingerprint density at radius 3 is 2.53 bits per heavy atom. The van der Waals surface area contributed by atoms with Gasteiger partial charge in [0.2, 0.25) is 0 Å². The fourth-order valence-electron chi connectivity index (χ4n) is 1.80. The van der Waals surface area contributed by atoms with Crippen LogP contribution in [0.2, 0.25) is 5.02 Å². The second kappa shape index (κ2) is 4.15. The smallest absolute Gasteiger partial charge is 0.135 e. The first-order chi connectivity index (χ1) is 8.34. The van der Waals surface area contributed by atoms with Crippen LogP contribution in [0.4, 0.5) is 0 Å². The van der Waals surface area contributed by atoms with Crippen LogP contribution in [-0.4, -0.2) is 4.57 Å². The summed E-state index contributed by atoms with van der Waals surface area (Å²) in [6.45, 7) is 0. The Bertz CT molecular complexity index is 612. The maximum absolute atomic E-state index is 6.18. The summed E-state index contributed by atoms with van der Waals surface area (Å²) in [7, 11) is 0. The van der Waals surface area contributed by atoms with E-state index in [-0.39, 0.29) is 0 Å². The van der Waals surface area contributed by atoms with Gasteiger partial charge in [-0.05, 0) is 42.5 Å². The Morgan fingerprint density at radius 1 is 1.00 bits per heavy atom. The van der Waals surface area contributed by atoms with Gasteiger partial charge in [0, 0.05) is 23.6 Å². The van der Waals surface area contributed by atoms with E-state index in [1.807, 2.05) is 59.4 Å². The van der Waals surface area contributed by atoms with Crippen molar-refractivity contribution >= 4 is 11.6 Å². The third-order valence-corrected chi connectivity index (χ3v) is 2.97. The van der Waals surface area contributed by atoms with E-state index in [1.165, 1.54) is 0 Å². The standard InChI is InChI=1S/C14H10ClNO/c15-13-6-5-11(16-7-1-2-8-16)10-12(13)14-4-3-9-17-14/h1-10H. The van der Waals surface area contributed by atoms with Crippen molar-refractivity contribution in [2.45, 2.75) is 0 Å². The van der Waals surface area contributed by atoms with E-state index < -0.39 is 0 Å². The number of aromatic nitrogens is 1. The highest BCUT2D eigenvalue weighted by Gasteiger charge is 2.07. The largest absolute Gasteiger partial charge is 0.464 e. The molecule has 0 atom stereocenters. The van der Waals surface area contributed by atoms with E-state index in [4.69, 9.17) is 16.0 Å². The molecule has 0 aliphatic heterocycles. The lowest BCUT2D eigenvalue weighted by Crippen LogP contribution is -1.90. The molecule has 3 rings (SSSR count). The van der Waals surface area contributed by atoms with Gasteiger partial charge in [0.1, 0.15) is 5.76 Å². The number of nitrogens with zero attached hydrogens (tertiary/aromatic N) is 1. The van der Waals surface area contributed by atoms with Crippen molar-refractivity contribution in [2.75, 3.05) is 0 Å². The zero-order valence-corrected chi connectivity index (χ0v) is 9.76. The van der Waals surface area contributed by atoms with Gasteiger partial charge in [0.15, 0.2) is 0 Å². The Kier molecular flexibility index (Phi) is 2.50. The summed E-state index contributed by atoms with van der Waals surface area (Å²) in [5.41, 5.74) is 1.97. The molecule has 2 nitrogen and oxygen atoms in total. The van der Waals surface area contributed by atoms with Crippen molar-refractivity contribution in [3.8, 4) is 17.0 Å². The van der Waals surface area contributed by atoms with E-state index in [1.54, 1.807) is 6.26 Å². The summed E-state index contributed by atoms with van der Waals surface area (Å²) in [5.74, 6) is 0.781. The molecule has 0 fully saturated rings. The highest BCUT2D eigenvalue weighted by molar-refractivity contribution is 6.33. The van der Waals surface area contributed by atoms with Gasteiger partial charge in [-0.1, -0.05) is 11.6 Å². The number of benzene rings is 1. The molecule has 0 radical (unpaired) electrons. The van der Waals surface area contributed by atoms with Gasteiger partial charge < -0.3 is 8.98 Å². The van der Waals surface area contributed by atoms with Crippen LogP contribution in [0.15, 0.2) is 65.5 Å². The fourth-order valence-corrected chi connectivity index (χ4v) is 2.01. The maximum Gasteiger partial charge on any atom is 0.135 e.